The minimum Gasteiger partial charge on any atom is -0.323 e. The van der Waals surface area contributed by atoms with Gasteiger partial charge in [0.05, 0.1) is 11.6 Å². The first-order valence-corrected chi connectivity index (χ1v) is 6.46. The van der Waals surface area contributed by atoms with Crippen LogP contribution in [0.4, 0.5) is 0 Å². The van der Waals surface area contributed by atoms with E-state index in [-0.39, 0.29) is 5.15 Å². The summed E-state index contributed by atoms with van der Waals surface area (Å²) < 4.78 is 0. The number of thioether (sulfide) groups is 1. The Kier molecular flexibility index (Phi) is 3.95. The Morgan fingerprint density at radius 2 is 2.00 bits per heavy atom. The van der Waals surface area contributed by atoms with E-state index in [2.05, 4.69) is 16.0 Å². The summed E-state index contributed by atoms with van der Waals surface area (Å²) in [5.41, 5.74) is 1.76. The van der Waals surface area contributed by atoms with Crippen molar-refractivity contribution < 1.29 is 0 Å². The molecular formula is C11H7Cl2N3S. The molecule has 0 spiro atoms. The molecule has 2 aromatic rings. The molecule has 0 atom stereocenters. The zero-order valence-electron chi connectivity index (χ0n) is 8.58. The Morgan fingerprint density at radius 3 is 2.53 bits per heavy atom. The number of nitriles is 1. The van der Waals surface area contributed by atoms with Crippen LogP contribution < -0.4 is 0 Å². The second kappa shape index (κ2) is 5.46. The van der Waals surface area contributed by atoms with E-state index >= 15 is 0 Å². The van der Waals surface area contributed by atoms with Gasteiger partial charge in [-0.1, -0.05) is 47.1 Å². The summed E-state index contributed by atoms with van der Waals surface area (Å²) in [4.78, 5) is 6.92. The molecule has 0 saturated heterocycles. The van der Waals surface area contributed by atoms with E-state index in [1.807, 2.05) is 12.1 Å². The van der Waals surface area contributed by atoms with Gasteiger partial charge in [0, 0.05) is 5.75 Å². The maximum absolute atomic E-state index is 8.67. The number of nitrogens with zero attached hydrogens (tertiary/aromatic N) is 2. The number of benzene rings is 1. The summed E-state index contributed by atoms with van der Waals surface area (Å²) in [7, 11) is 0. The zero-order chi connectivity index (χ0) is 12.3. The van der Waals surface area contributed by atoms with Gasteiger partial charge < -0.3 is 4.98 Å². The summed E-state index contributed by atoms with van der Waals surface area (Å²) in [6.07, 6.45) is 0. The standard InChI is InChI=1S/C11H7Cl2N3S/c12-9-10(13)16-11(15-9)17-6-8-3-1-7(5-14)2-4-8/h1-4H,6H2,(H,15,16). The van der Waals surface area contributed by atoms with E-state index in [9.17, 15) is 0 Å². The lowest BCUT2D eigenvalue weighted by atomic mass is 10.2. The van der Waals surface area contributed by atoms with Crippen molar-refractivity contribution >= 4 is 35.0 Å². The van der Waals surface area contributed by atoms with Gasteiger partial charge in [-0.2, -0.15) is 5.26 Å². The summed E-state index contributed by atoms with van der Waals surface area (Å²) in [6, 6.07) is 9.49. The minimum absolute atomic E-state index is 0.286. The number of nitrogens with one attached hydrogen (secondary N) is 1. The molecule has 17 heavy (non-hydrogen) atoms. The molecule has 0 amide bonds. The van der Waals surface area contributed by atoms with E-state index in [0.717, 1.165) is 11.3 Å². The number of imidazole rings is 1. The number of aromatic nitrogens is 2. The molecule has 0 unspecified atom stereocenters. The smallest absolute Gasteiger partial charge is 0.168 e. The van der Waals surface area contributed by atoms with Crippen LogP contribution in [0.5, 0.6) is 0 Å². The molecule has 0 bridgehead atoms. The third-order valence-corrected chi connectivity index (χ3v) is 3.64. The van der Waals surface area contributed by atoms with Crippen molar-refractivity contribution in [3.63, 3.8) is 0 Å². The van der Waals surface area contributed by atoms with Crippen LogP contribution in [-0.4, -0.2) is 9.97 Å². The average Bonchev–Trinajstić information content (AvgIpc) is 2.67. The van der Waals surface area contributed by atoms with Crippen molar-refractivity contribution in [2.24, 2.45) is 0 Å². The number of H-pyrrole nitrogens is 1. The largest absolute Gasteiger partial charge is 0.323 e. The van der Waals surface area contributed by atoms with Crippen molar-refractivity contribution in [2.75, 3.05) is 0 Å². The minimum atomic E-state index is 0.286. The molecule has 0 fully saturated rings. The van der Waals surface area contributed by atoms with Crippen molar-refractivity contribution in [1.82, 2.24) is 9.97 Å². The Bertz CT molecular complexity index is 538. The monoisotopic (exact) mass is 283 g/mol. The SMILES string of the molecule is N#Cc1ccc(CSc2nc(Cl)c(Cl)[nH]2)cc1. The predicted octanol–water partition coefficient (Wildman–Crippen LogP) is 3.88. The van der Waals surface area contributed by atoms with Crippen LogP contribution in [0.15, 0.2) is 29.4 Å². The Morgan fingerprint density at radius 1 is 1.29 bits per heavy atom. The van der Waals surface area contributed by atoms with E-state index in [1.165, 1.54) is 11.8 Å². The highest BCUT2D eigenvalue weighted by Crippen LogP contribution is 2.26. The van der Waals surface area contributed by atoms with Gasteiger partial charge >= 0.3 is 0 Å². The quantitative estimate of drug-likeness (QED) is 0.870. The topological polar surface area (TPSA) is 52.5 Å². The van der Waals surface area contributed by atoms with Crippen LogP contribution in [0.1, 0.15) is 11.1 Å². The predicted molar refractivity (Wildman–Crippen MR) is 69.3 cm³/mol. The molecule has 0 aliphatic carbocycles. The second-order valence-corrected chi connectivity index (χ2v) is 4.94. The molecule has 1 aromatic heterocycles. The number of hydrogen-bond donors (Lipinski definition) is 1. The molecule has 0 aliphatic rings. The molecule has 1 N–H and O–H groups in total. The fourth-order valence-corrected chi connectivity index (χ4v) is 2.40. The Hall–Kier alpha value is -1.15. The Labute approximate surface area is 113 Å². The van der Waals surface area contributed by atoms with E-state index < -0.39 is 0 Å². The van der Waals surface area contributed by atoms with Crippen molar-refractivity contribution in [1.29, 1.82) is 5.26 Å². The van der Waals surface area contributed by atoms with Crippen LogP contribution in [0, 0.1) is 11.3 Å². The molecule has 1 aromatic carbocycles. The first kappa shape index (κ1) is 12.3. The lowest BCUT2D eigenvalue weighted by molar-refractivity contribution is 1.06. The van der Waals surface area contributed by atoms with Gasteiger partial charge in [0.15, 0.2) is 10.3 Å². The highest BCUT2D eigenvalue weighted by molar-refractivity contribution is 7.98. The van der Waals surface area contributed by atoms with Crippen LogP contribution in [0.25, 0.3) is 0 Å². The highest BCUT2D eigenvalue weighted by atomic mass is 35.5. The molecule has 0 radical (unpaired) electrons. The molecule has 6 heteroatoms. The molecule has 1 heterocycles. The number of rotatable bonds is 3. The van der Waals surface area contributed by atoms with Gasteiger partial charge in [-0.3, -0.25) is 0 Å². The van der Waals surface area contributed by atoms with Crippen molar-refractivity contribution in [2.45, 2.75) is 10.9 Å². The molecule has 0 aliphatic heterocycles. The Balaban J connectivity index is 2.00. The first-order valence-electron chi connectivity index (χ1n) is 4.72. The third-order valence-electron chi connectivity index (χ3n) is 2.06. The number of aromatic amines is 1. The fourth-order valence-electron chi connectivity index (χ4n) is 1.21. The molecule has 0 saturated carbocycles. The lowest BCUT2D eigenvalue weighted by Gasteiger charge is -1.98. The normalized spacial score (nSPS) is 10.2. The molecule has 3 nitrogen and oxygen atoms in total. The van der Waals surface area contributed by atoms with Gasteiger partial charge in [-0.05, 0) is 17.7 Å². The highest BCUT2D eigenvalue weighted by Gasteiger charge is 2.06. The lowest BCUT2D eigenvalue weighted by Crippen LogP contribution is -1.82. The maximum atomic E-state index is 8.67. The zero-order valence-corrected chi connectivity index (χ0v) is 10.9. The summed E-state index contributed by atoms with van der Waals surface area (Å²) in [5.74, 6) is 0.742. The second-order valence-electron chi connectivity index (χ2n) is 3.24. The first-order chi connectivity index (χ1) is 8.19. The van der Waals surface area contributed by atoms with Crippen molar-refractivity contribution in [3.05, 3.63) is 45.7 Å². The van der Waals surface area contributed by atoms with E-state index in [0.29, 0.717) is 15.9 Å². The van der Waals surface area contributed by atoms with Gasteiger partial charge in [0.2, 0.25) is 0 Å². The maximum Gasteiger partial charge on any atom is 0.168 e. The fraction of sp³-hybridized carbons (Fsp3) is 0.0909. The van der Waals surface area contributed by atoms with Gasteiger partial charge in [0.1, 0.15) is 5.15 Å². The number of halogens is 2. The molecular weight excluding hydrogens is 277 g/mol. The molecule has 86 valence electrons. The van der Waals surface area contributed by atoms with Crippen LogP contribution in [0.3, 0.4) is 0 Å². The van der Waals surface area contributed by atoms with Crippen molar-refractivity contribution in [3.8, 4) is 6.07 Å². The van der Waals surface area contributed by atoms with Gasteiger partial charge in [-0.25, -0.2) is 4.98 Å². The van der Waals surface area contributed by atoms with Gasteiger partial charge in [0.25, 0.3) is 0 Å². The number of hydrogen-bond acceptors (Lipinski definition) is 3. The molecule has 2 rings (SSSR count). The third kappa shape index (κ3) is 3.16. The van der Waals surface area contributed by atoms with Crippen LogP contribution in [-0.2, 0) is 5.75 Å². The summed E-state index contributed by atoms with van der Waals surface area (Å²) in [5, 5.41) is 10.00. The van der Waals surface area contributed by atoms with Gasteiger partial charge in [-0.15, -0.1) is 0 Å². The summed E-state index contributed by atoms with van der Waals surface area (Å²) in [6.45, 7) is 0. The van der Waals surface area contributed by atoms with E-state index in [4.69, 9.17) is 28.5 Å². The summed E-state index contributed by atoms with van der Waals surface area (Å²) >= 11 is 13.0. The average molecular weight is 284 g/mol. The van der Waals surface area contributed by atoms with Crippen LogP contribution >= 0.6 is 35.0 Å². The van der Waals surface area contributed by atoms with Crippen LogP contribution in [0.2, 0.25) is 10.3 Å². The van der Waals surface area contributed by atoms with E-state index in [1.54, 1.807) is 12.1 Å².